The summed E-state index contributed by atoms with van der Waals surface area (Å²) in [5.74, 6) is 2.60. The lowest BCUT2D eigenvalue weighted by Crippen LogP contribution is -2.01. The van der Waals surface area contributed by atoms with E-state index in [-0.39, 0.29) is 0 Å². The number of benzene rings is 3. The summed E-state index contributed by atoms with van der Waals surface area (Å²) >= 11 is 6.62. The fraction of sp³-hybridized carbons (Fsp3) is 0.222. The van der Waals surface area contributed by atoms with E-state index in [9.17, 15) is 0 Å². The molecule has 1 heterocycles. The van der Waals surface area contributed by atoms with Crippen LogP contribution in [0.3, 0.4) is 0 Å². The molecule has 0 spiro atoms. The molecule has 0 bridgehead atoms. The van der Waals surface area contributed by atoms with Crippen molar-refractivity contribution in [1.29, 1.82) is 0 Å². The standard InChI is InChI=1S/C27H27ClN2O4/c1-6-19-26(17-11-13-22(31-2)24(15-17)33-4)29-30(21-10-8-7-9-20(21)28)27(19)18-12-14-23(32-3)25(16-18)34-5/h7-16H,6H2,1-5H3. The molecule has 34 heavy (non-hydrogen) atoms. The molecule has 3 aromatic carbocycles. The first-order valence-electron chi connectivity index (χ1n) is 10.9. The lowest BCUT2D eigenvalue weighted by Gasteiger charge is -2.13. The molecule has 4 aromatic rings. The van der Waals surface area contributed by atoms with Crippen molar-refractivity contribution >= 4 is 11.6 Å². The molecule has 6 nitrogen and oxygen atoms in total. The minimum absolute atomic E-state index is 0.605. The first kappa shape index (κ1) is 23.5. The van der Waals surface area contributed by atoms with Crippen molar-refractivity contribution in [3.8, 4) is 51.2 Å². The highest BCUT2D eigenvalue weighted by Crippen LogP contribution is 2.41. The van der Waals surface area contributed by atoms with Crippen molar-refractivity contribution in [3.63, 3.8) is 0 Å². The summed E-state index contributed by atoms with van der Waals surface area (Å²) < 4.78 is 23.9. The van der Waals surface area contributed by atoms with Gasteiger partial charge in [-0.1, -0.05) is 30.7 Å². The number of aromatic nitrogens is 2. The second kappa shape index (κ2) is 10.1. The molecule has 0 N–H and O–H groups in total. The SMILES string of the molecule is CCc1c(-c2ccc(OC)c(OC)c2)nn(-c2ccccc2Cl)c1-c1ccc(OC)c(OC)c1. The molecule has 0 saturated heterocycles. The molecule has 0 unspecified atom stereocenters. The fourth-order valence-corrected chi connectivity index (χ4v) is 4.29. The number of hydrogen-bond acceptors (Lipinski definition) is 5. The quantitative estimate of drug-likeness (QED) is 0.291. The van der Waals surface area contributed by atoms with E-state index in [4.69, 9.17) is 35.6 Å². The van der Waals surface area contributed by atoms with Gasteiger partial charge in [0.2, 0.25) is 0 Å². The summed E-state index contributed by atoms with van der Waals surface area (Å²) in [5.41, 5.74) is 5.49. The van der Waals surface area contributed by atoms with E-state index in [2.05, 4.69) is 6.92 Å². The Labute approximate surface area is 204 Å². The van der Waals surface area contributed by atoms with Gasteiger partial charge in [0.05, 0.1) is 50.5 Å². The van der Waals surface area contributed by atoms with Crippen LogP contribution in [-0.4, -0.2) is 38.2 Å². The summed E-state index contributed by atoms with van der Waals surface area (Å²) in [6.07, 6.45) is 0.748. The van der Waals surface area contributed by atoms with Crippen LogP contribution in [0.4, 0.5) is 0 Å². The van der Waals surface area contributed by atoms with Crippen molar-refractivity contribution in [2.45, 2.75) is 13.3 Å². The second-order valence-electron chi connectivity index (χ2n) is 7.53. The van der Waals surface area contributed by atoms with Crippen molar-refractivity contribution in [2.24, 2.45) is 0 Å². The third-order valence-corrected chi connectivity index (χ3v) is 6.05. The van der Waals surface area contributed by atoms with Gasteiger partial charge in [0.1, 0.15) is 0 Å². The Kier molecular flexibility index (Phi) is 6.98. The van der Waals surface area contributed by atoms with Crippen LogP contribution < -0.4 is 18.9 Å². The van der Waals surface area contributed by atoms with E-state index in [1.54, 1.807) is 28.4 Å². The number of ether oxygens (including phenoxy) is 4. The van der Waals surface area contributed by atoms with Gasteiger partial charge < -0.3 is 18.9 Å². The predicted molar refractivity (Wildman–Crippen MR) is 135 cm³/mol. The maximum Gasteiger partial charge on any atom is 0.161 e. The molecule has 0 aliphatic heterocycles. The van der Waals surface area contributed by atoms with Gasteiger partial charge >= 0.3 is 0 Å². The molecule has 0 fully saturated rings. The van der Waals surface area contributed by atoms with E-state index < -0.39 is 0 Å². The molecule has 176 valence electrons. The highest BCUT2D eigenvalue weighted by atomic mass is 35.5. The van der Waals surface area contributed by atoms with E-state index in [1.807, 2.05) is 65.3 Å². The van der Waals surface area contributed by atoms with Crippen LogP contribution in [0, 0.1) is 0 Å². The first-order valence-corrected chi connectivity index (χ1v) is 11.3. The molecule has 0 aliphatic rings. The zero-order chi connectivity index (χ0) is 24.2. The normalized spacial score (nSPS) is 10.8. The van der Waals surface area contributed by atoms with Gasteiger partial charge in [0.25, 0.3) is 0 Å². The Hall–Kier alpha value is -3.64. The number of nitrogens with zero attached hydrogens (tertiary/aromatic N) is 2. The van der Waals surface area contributed by atoms with E-state index >= 15 is 0 Å². The molecule has 0 amide bonds. The minimum atomic E-state index is 0.605. The lowest BCUT2D eigenvalue weighted by atomic mass is 9.99. The van der Waals surface area contributed by atoms with Crippen LogP contribution in [0.1, 0.15) is 12.5 Å². The van der Waals surface area contributed by atoms with Crippen molar-refractivity contribution < 1.29 is 18.9 Å². The Bertz CT molecular complexity index is 1320. The monoisotopic (exact) mass is 478 g/mol. The van der Waals surface area contributed by atoms with Gasteiger partial charge in [-0.25, -0.2) is 4.68 Å². The van der Waals surface area contributed by atoms with Gasteiger partial charge in [-0.05, 0) is 55.0 Å². The smallest absolute Gasteiger partial charge is 0.161 e. The third-order valence-electron chi connectivity index (χ3n) is 5.73. The highest BCUT2D eigenvalue weighted by Gasteiger charge is 2.23. The second-order valence-corrected chi connectivity index (χ2v) is 7.94. The molecule has 0 saturated carbocycles. The molecule has 0 radical (unpaired) electrons. The number of halogens is 1. The summed E-state index contributed by atoms with van der Waals surface area (Å²) in [5, 5.41) is 5.66. The van der Waals surface area contributed by atoms with Crippen LogP contribution in [0.2, 0.25) is 5.02 Å². The zero-order valence-corrected chi connectivity index (χ0v) is 20.6. The van der Waals surface area contributed by atoms with Crippen molar-refractivity contribution in [1.82, 2.24) is 9.78 Å². The van der Waals surface area contributed by atoms with E-state index in [0.29, 0.717) is 28.0 Å². The molecular formula is C27H27ClN2O4. The minimum Gasteiger partial charge on any atom is -0.493 e. The van der Waals surface area contributed by atoms with Gasteiger partial charge in [-0.2, -0.15) is 5.10 Å². The Morgan fingerprint density at radius 1 is 0.735 bits per heavy atom. The number of rotatable bonds is 8. The van der Waals surface area contributed by atoms with Crippen molar-refractivity contribution in [2.75, 3.05) is 28.4 Å². The van der Waals surface area contributed by atoms with Gasteiger partial charge in [-0.15, -0.1) is 0 Å². The van der Waals surface area contributed by atoms with Crippen LogP contribution >= 0.6 is 11.6 Å². The zero-order valence-electron chi connectivity index (χ0n) is 19.9. The van der Waals surface area contributed by atoms with E-state index in [1.165, 1.54) is 0 Å². The highest BCUT2D eigenvalue weighted by molar-refractivity contribution is 6.32. The number of para-hydroxylation sites is 1. The lowest BCUT2D eigenvalue weighted by molar-refractivity contribution is 0.355. The number of hydrogen-bond donors (Lipinski definition) is 0. The molecule has 7 heteroatoms. The topological polar surface area (TPSA) is 54.7 Å². The van der Waals surface area contributed by atoms with Crippen LogP contribution in [-0.2, 0) is 6.42 Å². The maximum absolute atomic E-state index is 6.62. The van der Waals surface area contributed by atoms with Crippen LogP contribution in [0.25, 0.3) is 28.2 Å². The third kappa shape index (κ3) is 4.17. The Balaban J connectivity index is 2.02. The Morgan fingerprint density at radius 2 is 1.29 bits per heavy atom. The predicted octanol–water partition coefficient (Wildman–Crippen LogP) is 6.46. The van der Waals surface area contributed by atoms with Crippen molar-refractivity contribution in [3.05, 3.63) is 71.2 Å². The van der Waals surface area contributed by atoms with E-state index in [0.717, 1.165) is 40.2 Å². The summed E-state index contributed by atoms with van der Waals surface area (Å²) in [4.78, 5) is 0. The van der Waals surface area contributed by atoms with Crippen LogP contribution in [0.15, 0.2) is 60.7 Å². The first-order chi connectivity index (χ1) is 16.6. The summed E-state index contributed by atoms with van der Waals surface area (Å²) in [7, 11) is 6.50. The van der Waals surface area contributed by atoms with Gasteiger partial charge in [0, 0.05) is 16.7 Å². The van der Waals surface area contributed by atoms with Gasteiger partial charge in [0.15, 0.2) is 23.0 Å². The van der Waals surface area contributed by atoms with Crippen LogP contribution in [0.5, 0.6) is 23.0 Å². The average molecular weight is 479 g/mol. The Morgan fingerprint density at radius 3 is 1.85 bits per heavy atom. The van der Waals surface area contributed by atoms with Gasteiger partial charge in [-0.3, -0.25) is 0 Å². The molecule has 0 aliphatic carbocycles. The summed E-state index contributed by atoms with van der Waals surface area (Å²) in [6.45, 7) is 2.11. The molecule has 1 aromatic heterocycles. The maximum atomic E-state index is 6.62. The number of methoxy groups -OCH3 is 4. The molecule has 4 rings (SSSR count). The fourth-order valence-electron chi connectivity index (χ4n) is 4.08. The largest absolute Gasteiger partial charge is 0.493 e. The molecular weight excluding hydrogens is 452 g/mol. The molecule has 0 atom stereocenters. The average Bonchev–Trinajstić information content (AvgIpc) is 3.27. The summed E-state index contributed by atoms with van der Waals surface area (Å²) in [6, 6.07) is 19.3.